The zero-order valence-electron chi connectivity index (χ0n) is 7.70. The number of aliphatic hydroxyl groups is 1. The molecule has 1 nitrogen and oxygen atoms in total. The van der Waals surface area contributed by atoms with E-state index in [0.717, 1.165) is 6.42 Å². The van der Waals surface area contributed by atoms with Gasteiger partial charge in [0.1, 0.15) is 5.82 Å². The minimum Gasteiger partial charge on any atom is -0.396 e. The third-order valence-electron chi connectivity index (χ3n) is 2.38. The van der Waals surface area contributed by atoms with Crippen molar-refractivity contribution >= 4 is 0 Å². The second-order valence-electron chi connectivity index (χ2n) is 3.56. The van der Waals surface area contributed by atoms with Gasteiger partial charge in [0.25, 0.3) is 0 Å². The number of aliphatic hydroxyl groups excluding tert-OH is 1. The van der Waals surface area contributed by atoms with Crippen LogP contribution in [0.5, 0.6) is 0 Å². The van der Waals surface area contributed by atoms with Crippen LogP contribution >= 0.6 is 0 Å². The molecule has 2 heteroatoms. The standard InChI is InChI=1S/C12H11FO/c13-12-3-1-2-9(6-12)4-5-10-7-11(10)8-14/h1-3,6,10-11,14H,7-8H2/t10-,11-/m0/s1. The van der Waals surface area contributed by atoms with E-state index >= 15 is 0 Å². The van der Waals surface area contributed by atoms with Crippen LogP contribution in [0.3, 0.4) is 0 Å². The molecule has 1 aliphatic carbocycles. The maximum atomic E-state index is 12.7. The summed E-state index contributed by atoms with van der Waals surface area (Å²) in [6, 6.07) is 6.25. The fraction of sp³-hybridized carbons (Fsp3) is 0.333. The van der Waals surface area contributed by atoms with Crippen LogP contribution in [0.2, 0.25) is 0 Å². The maximum absolute atomic E-state index is 12.7. The zero-order chi connectivity index (χ0) is 9.97. The summed E-state index contributed by atoms with van der Waals surface area (Å²) in [7, 11) is 0. The molecule has 0 unspecified atom stereocenters. The molecule has 0 amide bonds. The van der Waals surface area contributed by atoms with Gasteiger partial charge in [-0.25, -0.2) is 4.39 Å². The summed E-state index contributed by atoms with van der Waals surface area (Å²) in [4.78, 5) is 0. The molecule has 2 rings (SSSR count). The number of hydrogen-bond donors (Lipinski definition) is 1. The third kappa shape index (κ3) is 2.12. The van der Waals surface area contributed by atoms with Crippen LogP contribution in [0.25, 0.3) is 0 Å². The summed E-state index contributed by atoms with van der Waals surface area (Å²) in [6.07, 6.45) is 0.971. The van der Waals surface area contributed by atoms with Gasteiger partial charge in [-0.1, -0.05) is 17.9 Å². The minimum absolute atomic E-state index is 0.211. The maximum Gasteiger partial charge on any atom is 0.124 e. The summed E-state index contributed by atoms with van der Waals surface area (Å²) >= 11 is 0. The summed E-state index contributed by atoms with van der Waals surface area (Å²) in [5.41, 5.74) is 0.702. The van der Waals surface area contributed by atoms with Gasteiger partial charge in [-0.3, -0.25) is 0 Å². The molecule has 1 aromatic carbocycles. The van der Waals surface area contributed by atoms with Crippen molar-refractivity contribution in [3.63, 3.8) is 0 Å². The first-order valence-corrected chi connectivity index (χ1v) is 4.67. The highest BCUT2D eigenvalue weighted by molar-refractivity contribution is 5.35. The smallest absolute Gasteiger partial charge is 0.124 e. The fourth-order valence-electron chi connectivity index (χ4n) is 1.37. The highest BCUT2D eigenvalue weighted by Crippen LogP contribution is 2.36. The van der Waals surface area contributed by atoms with E-state index < -0.39 is 0 Å². The first-order valence-electron chi connectivity index (χ1n) is 4.67. The van der Waals surface area contributed by atoms with Crippen molar-refractivity contribution in [3.8, 4) is 11.8 Å². The lowest BCUT2D eigenvalue weighted by Gasteiger charge is -1.89. The molecular weight excluding hydrogens is 179 g/mol. The second kappa shape index (κ2) is 3.81. The summed E-state index contributed by atoms with van der Waals surface area (Å²) in [5.74, 6) is 6.33. The van der Waals surface area contributed by atoms with Gasteiger partial charge in [-0.05, 0) is 30.5 Å². The first kappa shape index (κ1) is 9.23. The summed E-state index contributed by atoms with van der Waals surface area (Å²) in [5, 5.41) is 8.79. The van der Waals surface area contributed by atoms with Gasteiger partial charge >= 0.3 is 0 Å². The zero-order valence-corrected chi connectivity index (χ0v) is 7.70. The molecule has 2 atom stereocenters. The van der Waals surface area contributed by atoms with Gasteiger partial charge in [0.05, 0.1) is 0 Å². The predicted molar refractivity (Wildman–Crippen MR) is 52.0 cm³/mol. The van der Waals surface area contributed by atoms with E-state index in [-0.39, 0.29) is 12.4 Å². The van der Waals surface area contributed by atoms with Gasteiger partial charge in [0.15, 0.2) is 0 Å². The Kier molecular flexibility index (Phi) is 2.51. The van der Waals surface area contributed by atoms with E-state index in [1.54, 1.807) is 12.1 Å². The Morgan fingerprint density at radius 3 is 3.00 bits per heavy atom. The largest absolute Gasteiger partial charge is 0.396 e. The van der Waals surface area contributed by atoms with Crippen LogP contribution < -0.4 is 0 Å². The van der Waals surface area contributed by atoms with Crippen LogP contribution in [0.4, 0.5) is 4.39 Å². The highest BCUT2D eigenvalue weighted by Gasteiger charge is 2.34. The van der Waals surface area contributed by atoms with Gasteiger partial charge < -0.3 is 5.11 Å². The Balaban J connectivity index is 2.04. The second-order valence-corrected chi connectivity index (χ2v) is 3.56. The molecule has 0 aromatic heterocycles. The van der Waals surface area contributed by atoms with Crippen LogP contribution in [0.15, 0.2) is 24.3 Å². The molecule has 0 aliphatic heterocycles. The first-order chi connectivity index (χ1) is 6.79. The molecule has 0 heterocycles. The molecule has 0 radical (unpaired) electrons. The molecule has 72 valence electrons. The van der Waals surface area contributed by atoms with Crippen molar-refractivity contribution in [2.75, 3.05) is 6.61 Å². The Bertz CT molecular complexity index is 389. The van der Waals surface area contributed by atoms with Crippen molar-refractivity contribution in [2.24, 2.45) is 11.8 Å². The average Bonchev–Trinajstić information content (AvgIpc) is 2.93. The minimum atomic E-state index is -0.258. The van der Waals surface area contributed by atoms with Crippen LogP contribution in [0, 0.1) is 29.5 Å². The Morgan fingerprint density at radius 2 is 2.36 bits per heavy atom. The molecule has 1 aliphatic rings. The lowest BCUT2D eigenvalue weighted by atomic mass is 10.2. The van der Waals surface area contributed by atoms with Gasteiger partial charge in [-0.2, -0.15) is 0 Å². The Labute approximate surface area is 82.6 Å². The number of rotatable bonds is 1. The Morgan fingerprint density at radius 1 is 1.50 bits per heavy atom. The van der Waals surface area contributed by atoms with E-state index in [1.807, 2.05) is 0 Å². The van der Waals surface area contributed by atoms with Crippen molar-refractivity contribution < 1.29 is 9.50 Å². The van der Waals surface area contributed by atoms with Crippen molar-refractivity contribution in [3.05, 3.63) is 35.6 Å². The number of benzene rings is 1. The molecular formula is C12H11FO. The van der Waals surface area contributed by atoms with E-state index in [9.17, 15) is 4.39 Å². The van der Waals surface area contributed by atoms with Crippen molar-refractivity contribution in [2.45, 2.75) is 6.42 Å². The third-order valence-corrected chi connectivity index (χ3v) is 2.38. The lowest BCUT2D eigenvalue weighted by Crippen LogP contribution is -1.86. The van der Waals surface area contributed by atoms with Gasteiger partial charge in [0.2, 0.25) is 0 Å². The van der Waals surface area contributed by atoms with E-state index in [2.05, 4.69) is 11.8 Å². The average molecular weight is 190 g/mol. The topological polar surface area (TPSA) is 20.2 Å². The Hall–Kier alpha value is -1.33. The molecule has 1 saturated carbocycles. The predicted octanol–water partition coefficient (Wildman–Crippen LogP) is 1.81. The molecule has 0 bridgehead atoms. The molecule has 14 heavy (non-hydrogen) atoms. The van der Waals surface area contributed by atoms with Gasteiger partial charge in [0, 0.05) is 18.1 Å². The molecule has 0 saturated heterocycles. The van der Waals surface area contributed by atoms with Crippen LogP contribution in [-0.2, 0) is 0 Å². The molecule has 0 spiro atoms. The van der Waals surface area contributed by atoms with E-state index in [0.29, 0.717) is 17.4 Å². The van der Waals surface area contributed by atoms with E-state index in [1.165, 1.54) is 12.1 Å². The monoisotopic (exact) mass is 190 g/mol. The van der Waals surface area contributed by atoms with Crippen molar-refractivity contribution in [1.82, 2.24) is 0 Å². The quantitative estimate of drug-likeness (QED) is 0.669. The van der Waals surface area contributed by atoms with Crippen LogP contribution in [0.1, 0.15) is 12.0 Å². The molecule has 1 N–H and O–H groups in total. The normalized spacial score (nSPS) is 23.9. The van der Waals surface area contributed by atoms with Gasteiger partial charge in [-0.15, -0.1) is 0 Å². The highest BCUT2D eigenvalue weighted by atomic mass is 19.1. The van der Waals surface area contributed by atoms with Crippen molar-refractivity contribution in [1.29, 1.82) is 0 Å². The van der Waals surface area contributed by atoms with Crippen LogP contribution in [-0.4, -0.2) is 11.7 Å². The SMILES string of the molecule is OC[C@@H]1C[C@@H]1C#Cc1cccc(F)c1. The number of hydrogen-bond acceptors (Lipinski definition) is 1. The van der Waals surface area contributed by atoms with E-state index in [4.69, 9.17) is 5.11 Å². The summed E-state index contributed by atoms with van der Waals surface area (Å²) < 4.78 is 12.7. The summed E-state index contributed by atoms with van der Waals surface area (Å²) in [6.45, 7) is 0.211. The number of halogens is 1. The fourth-order valence-corrected chi connectivity index (χ4v) is 1.37. The molecule has 1 aromatic rings. The molecule has 1 fully saturated rings. The lowest BCUT2D eigenvalue weighted by molar-refractivity contribution is 0.273.